The van der Waals surface area contributed by atoms with Crippen molar-refractivity contribution in [3.05, 3.63) is 65.0 Å². The summed E-state index contributed by atoms with van der Waals surface area (Å²) in [6.07, 6.45) is 3.00. The summed E-state index contributed by atoms with van der Waals surface area (Å²) >= 11 is 0. The van der Waals surface area contributed by atoms with E-state index >= 15 is 0 Å². The van der Waals surface area contributed by atoms with E-state index in [9.17, 15) is 19.1 Å². The zero-order chi connectivity index (χ0) is 17.1. The van der Waals surface area contributed by atoms with Gasteiger partial charge in [-0.2, -0.15) is 0 Å². The first-order chi connectivity index (χ1) is 11.5. The molecule has 0 spiro atoms. The van der Waals surface area contributed by atoms with Crippen LogP contribution in [-0.4, -0.2) is 17.0 Å². The van der Waals surface area contributed by atoms with Gasteiger partial charge in [0.25, 0.3) is 0 Å². The standard InChI is InChI=1S/C19H18FNO3/c20-15-7-4-13(5-8-15)17(19(23)24)11-18(22)21-16-9-6-12-2-1-3-14(12)10-16/h4-10,17H,1-3,11H2,(H,21,22)(H,23,24)/t17-/m1/s1. The fourth-order valence-corrected chi connectivity index (χ4v) is 3.09. The van der Waals surface area contributed by atoms with Crippen LogP contribution in [0.25, 0.3) is 0 Å². The van der Waals surface area contributed by atoms with Gasteiger partial charge in [-0.05, 0) is 60.2 Å². The van der Waals surface area contributed by atoms with E-state index in [0.29, 0.717) is 11.3 Å². The van der Waals surface area contributed by atoms with E-state index in [1.165, 1.54) is 35.4 Å². The van der Waals surface area contributed by atoms with Crippen LogP contribution in [0.1, 0.15) is 35.4 Å². The number of carboxylic acid groups (broad SMARTS) is 1. The number of carboxylic acids is 1. The summed E-state index contributed by atoms with van der Waals surface area (Å²) in [4.78, 5) is 23.7. The van der Waals surface area contributed by atoms with E-state index in [1.807, 2.05) is 18.2 Å². The van der Waals surface area contributed by atoms with Crippen molar-refractivity contribution in [1.29, 1.82) is 0 Å². The van der Waals surface area contributed by atoms with Gasteiger partial charge in [-0.1, -0.05) is 18.2 Å². The molecule has 0 saturated carbocycles. The highest BCUT2D eigenvalue weighted by Crippen LogP contribution is 2.26. The van der Waals surface area contributed by atoms with Gasteiger partial charge in [-0.25, -0.2) is 4.39 Å². The van der Waals surface area contributed by atoms with Crippen LogP contribution >= 0.6 is 0 Å². The van der Waals surface area contributed by atoms with Crippen molar-refractivity contribution >= 4 is 17.6 Å². The van der Waals surface area contributed by atoms with Crippen LogP contribution in [0.15, 0.2) is 42.5 Å². The molecule has 1 amide bonds. The van der Waals surface area contributed by atoms with Crippen molar-refractivity contribution < 1.29 is 19.1 Å². The Morgan fingerprint density at radius 2 is 1.79 bits per heavy atom. The second kappa shape index (κ2) is 6.83. The van der Waals surface area contributed by atoms with Crippen LogP contribution in [0.4, 0.5) is 10.1 Å². The van der Waals surface area contributed by atoms with Gasteiger partial charge in [0, 0.05) is 12.1 Å². The number of rotatable bonds is 5. The fourth-order valence-electron chi connectivity index (χ4n) is 3.09. The van der Waals surface area contributed by atoms with E-state index in [1.54, 1.807) is 0 Å². The van der Waals surface area contributed by atoms with E-state index in [-0.39, 0.29) is 12.3 Å². The summed E-state index contributed by atoms with van der Waals surface area (Å²) in [5, 5.41) is 12.1. The van der Waals surface area contributed by atoms with Crippen molar-refractivity contribution in [3.8, 4) is 0 Å². The van der Waals surface area contributed by atoms with Gasteiger partial charge < -0.3 is 10.4 Å². The number of benzene rings is 2. The molecule has 0 unspecified atom stereocenters. The molecule has 0 saturated heterocycles. The molecule has 2 aromatic carbocycles. The molecule has 1 aliphatic carbocycles. The van der Waals surface area contributed by atoms with Gasteiger partial charge in [0.2, 0.25) is 5.91 Å². The van der Waals surface area contributed by atoms with Crippen LogP contribution in [0.3, 0.4) is 0 Å². The van der Waals surface area contributed by atoms with E-state index in [2.05, 4.69) is 5.32 Å². The van der Waals surface area contributed by atoms with Gasteiger partial charge in [-0.3, -0.25) is 9.59 Å². The lowest BCUT2D eigenvalue weighted by Crippen LogP contribution is -2.21. The number of hydrogen-bond acceptors (Lipinski definition) is 2. The largest absolute Gasteiger partial charge is 0.481 e. The predicted octanol–water partition coefficient (Wildman–Crippen LogP) is 3.51. The molecular formula is C19H18FNO3. The highest BCUT2D eigenvalue weighted by molar-refractivity contribution is 5.94. The fraction of sp³-hybridized carbons (Fsp3) is 0.263. The minimum atomic E-state index is -1.11. The Kier molecular flexibility index (Phi) is 4.60. The Labute approximate surface area is 139 Å². The summed E-state index contributed by atoms with van der Waals surface area (Å²) in [7, 11) is 0. The first-order valence-corrected chi connectivity index (χ1v) is 7.93. The molecule has 1 aliphatic rings. The molecule has 0 aromatic heterocycles. The van der Waals surface area contributed by atoms with Crippen LogP contribution < -0.4 is 5.32 Å². The van der Waals surface area contributed by atoms with Gasteiger partial charge >= 0.3 is 5.97 Å². The SMILES string of the molecule is O=C(C[C@@H](C(=O)O)c1ccc(F)cc1)Nc1ccc2c(c1)CCC2. The minimum Gasteiger partial charge on any atom is -0.481 e. The van der Waals surface area contributed by atoms with Gasteiger partial charge in [-0.15, -0.1) is 0 Å². The van der Waals surface area contributed by atoms with Crippen molar-refractivity contribution in [2.45, 2.75) is 31.6 Å². The number of carbonyl (C=O) groups excluding carboxylic acids is 1. The molecule has 0 heterocycles. The van der Waals surface area contributed by atoms with Crippen molar-refractivity contribution in [2.75, 3.05) is 5.32 Å². The molecule has 0 fully saturated rings. The number of fused-ring (bicyclic) bond motifs is 1. The minimum absolute atomic E-state index is 0.196. The summed E-state index contributed by atoms with van der Waals surface area (Å²) in [5.41, 5.74) is 3.64. The molecule has 0 bridgehead atoms. The van der Waals surface area contributed by atoms with Crippen LogP contribution in [0.5, 0.6) is 0 Å². The third-order valence-corrected chi connectivity index (χ3v) is 4.34. The highest BCUT2D eigenvalue weighted by atomic mass is 19.1. The molecule has 0 radical (unpaired) electrons. The maximum absolute atomic E-state index is 13.0. The highest BCUT2D eigenvalue weighted by Gasteiger charge is 2.23. The molecule has 124 valence electrons. The zero-order valence-corrected chi connectivity index (χ0v) is 13.1. The molecule has 5 heteroatoms. The first-order valence-electron chi connectivity index (χ1n) is 7.93. The maximum atomic E-state index is 13.0. The third-order valence-electron chi connectivity index (χ3n) is 4.34. The van der Waals surface area contributed by atoms with Crippen LogP contribution in [0.2, 0.25) is 0 Å². The number of hydrogen-bond donors (Lipinski definition) is 2. The Morgan fingerprint density at radius 3 is 2.50 bits per heavy atom. The van der Waals surface area contributed by atoms with Gasteiger partial charge in [0.15, 0.2) is 0 Å². The quantitative estimate of drug-likeness (QED) is 0.883. The van der Waals surface area contributed by atoms with Crippen LogP contribution in [0, 0.1) is 5.82 Å². The lowest BCUT2D eigenvalue weighted by Gasteiger charge is -2.13. The maximum Gasteiger partial charge on any atom is 0.311 e. The summed E-state index contributed by atoms with van der Waals surface area (Å²) < 4.78 is 13.0. The van der Waals surface area contributed by atoms with Crippen molar-refractivity contribution in [2.24, 2.45) is 0 Å². The number of amides is 1. The summed E-state index contributed by atoms with van der Waals surface area (Å²) in [6.45, 7) is 0. The average Bonchev–Trinajstić information content (AvgIpc) is 3.01. The van der Waals surface area contributed by atoms with Crippen LogP contribution in [-0.2, 0) is 22.4 Å². The number of aliphatic carboxylic acids is 1. The van der Waals surface area contributed by atoms with E-state index in [0.717, 1.165) is 19.3 Å². The Hall–Kier alpha value is -2.69. The third kappa shape index (κ3) is 3.62. The molecular weight excluding hydrogens is 309 g/mol. The number of aryl methyl sites for hydroxylation is 2. The predicted molar refractivity (Wildman–Crippen MR) is 88.5 cm³/mol. The van der Waals surface area contributed by atoms with Gasteiger partial charge in [0.1, 0.15) is 5.82 Å². The van der Waals surface area contributed by atoms with Crippen molar-refractivity contribution in [1.82, 2.24) is 0 Å². The second-order valence-electron chi connectivity index (χ2n) is 6.03. The van der Waals surface area contributed by atoms with E-state index < -0.39 is 17.7 Å². The molecule has 24 heavy (non-hydrogen) atoms. The summed E-state index contributed by atoms with van der Waals surface area (Å²) in [6, 6.07) is 11.0. The summed E-state index contributed by atoms with van der Waals surface area (Å²) in [5.74, 6) is -2.92. The normalized spacial score (nSPS) is 14.0. The molecule has 1 atom stereocenters. The topological polar surface area (TPSA) is 66.4 Å². The van der Waals surface area contributed by atoms with E-state index in [4.69, 9.17) is 0 Å². The zero-order valence-electron chi connectivity index (χ0n) is 13.1. The lowest BCUT2D eigenvalue weighted by atomic mass is 9.95. The Morgan fingerprint density at radius 1 is 1.08 bits per heavy atom. The molecule has 2 N–H and O–H groups in total. The number of halogens is 1. The molecule has 4 nitrogen and oxygen atoms in total. The molecule has 3 rings (SSSR count). The monoisotopic (exact) mass is 327 g/mol. The second-order valence-corrected chi connectivity index (χ2v) is 6.03. The Bertz CT molecular complexity index is 771. The first kappa shape index (κ1) is 16.2. The lowest BCUT2D eigenvalue weighted by molar-refractivity contribution is -0.140. The number of anilines is 1. The number of carbonyl (C=O) groups is 2. The molecule has 2 aromatic rings. The molecule has 0 aliphatic heterocycles. The van der Waals surface area contributed by atoms with Gasteiger partial charge in [0.05, 0.1) is 5.92 Å². The average molecular weight is 327 g/mol. The van der Waals surface area contributed by atoms with Crippen molar-refractivity contribution in [3.63, 3.8) is 0 Å². The number of nitrogens with one attached hydrogen (secondary N) is 1. The Balaban J connectivity index is 1.70. The smallest absolute Gasteiger partial charge is 0.311 e.